The lowest BCUT2D eigenvalue weighted by atomic mass is 10.2. The molecule has 2 aromatic carbocycles. The first kappa shape index (κ1) is 17.8. The van der Waals surface area contributed by atoms with E-state index in [9.17, 15) is 0 Å². The van der Waals surface area contributed by atoms with E-state index in [2.05, 4.69) is 16.9 Å². The number of rotatable bonds is 3. The summed E-state index contributed by atoms with van der Waals surface area (Å²) >= 11 is 0. The lowest BCUT2D eigenvalue weighted by Gasteiger charge is -1.90. The molecular weight excluding hydrogens is 270 g/mol. The van der Waals surface area contributed by atoms with Gasteiger partial charge in [0.1, 0.15) is 6.33 Å². The van der Waals surface area contributed by atoms with Crippen LogP contribution in [-0.2, 0) is 0 Å². The van der Waals surface area contributed by atoms with Crippen LogP contribution in [0.15, 0.2) is 73.2 Å². The highest BCUT2D eigenvalue weighted by atomic mass is 14.8. The Morgan fingerprint density at radius 2 is 1.50 bits per heavy atom. The van der Waals surface area contributed by atoms with E-state index in [0.29, 0.717) is 0 Å². The fourth-order valence-electron chi connectivity index (χ4n) is 1.70. The Hall–Kier alpha value is -2.26. The largest absolute Gasteiger partial charge is 0.330 e. The van der Waals surface area contributed by atoms with Gasteiger partial charge in [-0.1, -0.05) is 74.4 Å². The third-order valence-corrected chi connectivity index (χ3v) is 2.89. The zero-order valence-electron chi connectivity index (χ0n) is 13.2. The molecule has 0 spiro atoms. The van der Waals surface area contributed by atoms with Crippen molar-refractivity contribution in [3.05, 3.63) is 73.2 Å². The van der Waals surface area contributed by atoms with Gasteiger partial charge >= 0.3 is 0 Å². The van der Waals surface area contributed by atoms with Crippen LogP contribution in [0.2, 0.25) is 0 Å². The molecule has 116 valence electrons. The standard InChI is InChI=1S/C8H6N2.C6H6.C5H13N/c1-2-4-8-7(3-1)5-9-6-10-8;1-2-4-6-5-3-1;1-2-3-4-5-6/h1-6H;1-6H;2-6H2,1H3. The molecule has 0 aliphatic carbocycles. The summed E-state index contributed by atoms with van der Waals surface area (Å²) in [5, 5.41) is 1.09. The van der Waals surface area contributed by atoms with E-state index in [1.54, 1.807) is 6.33 Å². The summed E-state index contributed by atoms with van der Waals surface area (Å²) in [6, 6.07) is 19.9. The number of para-hydroxylation sites is 1. The molecule has 0 unspecified atom stereocenters. The summed E-state index contributed by atoms with van der Waals surface area (Å²) in [7, 11) is 0. The van der Waals surface area contributed by atoms with Gasteiger partial charge < -0.3 is 5.73 Å². The minimum Gasteiger partial charge on any atom is -0.330 e. The minimum absolute atomic E-state index is 0.855. The molecule has 0 amide bonds. The summed E-state index contributed by atoms with van der Waals surface area (Å²) in [6.45, 7) is 3.03. The normalized spacial score (nSPS) is 9.18. The highest BCUT2D eigenvalue weighted by Gasteiger charge is 1.87. The van der Waals surface area contributed by atoms with Crippen molar-refractivity contribution >= 4 is 10.9 Å². The quantitative estimate of drug-likeness (QED) is 0.726. The predicted molar refractivity (Wildman–Crippen MR) is 94.6 cm³/mol. The molecule has 22 heavy (non-hydrogen) atoms. The van der Waals surface area contributed by atoms with Crippen molar-refractivity contribution in [1.82, 2.24) is 9.97 Å². The van der Waals surface area contributed by atoms with Crippen LogP contribution in [0.25, 0.3) is 10.9 Å². The minimum atomic E-state index is 0.855. The van der Waals surface area contributed by atoms with Crippen molar-refractivity contribution in [3.63, 3.8) is 0 Å². The number of hydrogen-bond donors (Lipinski definition) is 1. The van der Waals surface area contributed by atoms with Crippen LogP contribution < -0.4 is 5.73 Å². The van der Waals surface area contributed by atoms with Crippen LogP contribution in [0.5, 0.6) is 0 Å². The SMILES string of the molecule is CCCCCN.c1ccc2ncncc2c1.c1ccccc1. The molecule has 1 aromatic heterocycles. The van der Waals surface area contributed by atoms with Crippen molar-refractivity contribution in [1.29, 1.82) is 0 Å². The van der Waals surface area contributed by atoms with E-state index >= 15 is 0 Å². The molecule has 0 fully saturated rings. The first-order chi connectivity index (χ1) is 10.9. The summed E-state index contributed by atoms with van der Waals surface area (Å²) in [6.07, 6.45) is 7.12. The van der Waals surface area contributed by atoms with Crippen molar-refractivity contribution in [3.8, 4) is 0 Å². The lowest BCUT2D eigenvalue weighted by molar-refractivity contribution is 0.727. The molecule has 3 heteroatoms. The number of aromatic nitrogens is 2. The number of nitrogens with two attached hydrogens (primary N) is 1. The van der Waals surface area contributed by atoms with Gasteiger partial charge in [0.25, 0.3) is 0 Å². The Morgan fingerprint density at radius 1 is 0.864 bits per heavy atom. The number of hydrogen-bond acceptors (Lipinski definition) is 3. The Balaban J connectivity index is 0.000000176. The molecule has 0 saturated carbocycles. The molecule has 0 bridgehead atoms. The second-order valence-corrected chi connectivity index (χ2v) is 4.73. The highest BCUT2D eigenvalue weighted by Crippen LogP contribution is 2.06. The number of fused-ring (bicyclic) bond motifs is 1. The highest BCUT2D eigenvalue weighted by molar-refractivity contribution is 5.76. The number of unbranched alkanes of at least 4 members (excludes halogenated alkanes) is 2. The molecule has 1 heterocycles. The maximum absolute atomic E-state index is 5.21. The molecule has 0 aliphatic heterocycles. The maximum atomic E-state index is 5.21. The van der Waals surface area contributed by atoms with Crippen molar-refractivity contribution in [2.75, 3.05) is 6.54 Å². The second kappa shape index (κ2) is 12.5. The van der Waals surface area contributed by atoms with Gasteiger partial charge in [-0.25, -0.2) is 9.97 Å². The first-order valence-electron chi connectivity index (χ1n) is 7.73. The van der Waals surface area contributed by atoms with Crippen LogP contribution >= 0.6 is 0 Å². The van der Waals surface area contributed by atoms with Crippen LogP contribution in [0.4, 0.5) is 0 Å². The summed E-state index contributed by atoms with van der Waals surface area (Å²) < 4.78 is 0. The molecule has 0 aliphatic rings. The van der Waals surface area contributed by atoms with E-state index in [1.807, 2.05) is 66.9 Å². The van der Waals surface area contributed by atoms with Crippen molar-refractivity contribution in [2.24, 2.45) is 5.73 Å². The Kier molecular flexibility index (Phi) is 10.1. The summed E-state index contributed by atoms with van der Waals surface area (Å²) in [5.74, 6) is 0. The van der Waals surface area contributed by atoms with Crippen LogP contribution in [-0.4, -0.2) is 16.5 Å². The Labute approximate surface area is 133 Å². The fraction of sp³-hybridized carbons (Fsp3) is 0.263. The first-order valence-corrected chi connectivity index (χ1v) is 7.73. The Morgan fingerprint density at radius 3 is 2.00 bits per heavy atom. The molecule has 2 N–H and O–H groups in total. The monoisotopic (exact) mass is 295 g/mol. The number of nitrogens with zero attached hydrogens (tertiary/aromatic N) is 2. The smallest absolute Gasteiger partial charge is 0.116 e. The third kappa shape index (κ3) is 8.12. The van der Waals surface area contributed by atoms with E-state index in [0.717, 1.165) is 17.4 Å². The fourth-order valence-corrected chi connectivity index (χ4v) is 1.70. The molecule has 3 nitrogen and oxygen atoms in total. The zero-order chi connectivity index (χ0) is 15.9. The van der Waals surface area contributed by atoms with E-state index < -0.39 is 0 Å². The number of benzene rings is 2. The average molecular weight is 295 g/mol. The molecule has 3 aromatic rings. The van der Waals surface area contributed by atoms with Crippen molar-refractivity contribution < 1.29 is 0 Å². The van der Waals surface area contributed by atoms with Gasteiger partial charge in [-0.05, 0) is 19.0 Å². The summed E-state index contributed by atoms with van der Waals surface area (Å²) in [4.78, 5) is 7.97. The van der Waals surface area contributed by atoms with E-state index in [-0.39, 0.29) is 0 Å². The second-order valence-electron chi connectivity index (χ2n) is 4.73. The van der Waals surface area contributed by atoms with Gasteiger partial charge in [0.15, 0.2) is 0 Å². The molecular formula is C19H25N3. The topological polar surface area (TPSA) is 51.8 Å². The molecule has 0 radical (unpaired) electrons. The average Bonchev–Trinajstić information content (AvgIpc) is 2.62. The van der Waals surface area contributed by atoms with Gasteiger partial charge in [-0.2, -0.15) is 0 Å². The lowest BCUT2D eigenvalue weighted by Crippen LogP contribution is -1.96. The third-order valence-electron chi connectivity index (χ3n) is 2.89. The van der Waals surface area contributed by atoms with E-state index in [4.69, 9.17) is 5.73 Å². The molecule has 0 saturated heterocycles. The van der Waals surface area contributed by atoms with Crippen LogP contribution in [0.1, 0.15) is 26.2 Å². The van der Waals surface area contributed by atoms with E-state index in [1.165, 1.54) is 19.3 Å². The van der Waals surface area contributed by atoms with Gasteiger partial charge in [0, 0.05) is 11.6 Å². The maximum Gasteiger partial charge on any atom is 0.116 e. The van der Waals surface area contributed by atoms with Crippen LogP contribution in [0.3, 0.4) is 0 Å². The molecule has 0 atom stereocenters. The zero-order valence-corrected chi connectivity index (χ0v) is 13.2. The van der Waals surface area contributed by atoms with Gasteiger partial charge in [0.05, 0.1) is 5.52 Å². The molecule has 3 rings (SSSR count). The van der Waals surface area contributed by atoms with Gasteiger partial charge in [-0.15, -0.1) is 0 Å². The Bertz CT molecular complexity index is 500. The van der Waals surface area contributed by atoms with Crippen LogP contribution in [0, 0.1) is 0 Å². The van der Waals surface area contributed by atoms with Gasteiger partial charge in [-0.3, -0.25) is 0 Å². The summed E-state index contributed by atoms with van der Waals surface area (Å²) in [5.41, 5.74) is 6.21. The van der Waals surface area contributed by atoms with Gasteiger partial charge in [0.2, 0.25) is 0 Å². The van der Waals surface area contributed by atoms with Crippen molar-refractivity contribution in [2.45, 2.75) is 26.2 Å². The predicted octanol–water partition coefficient (Wildman–Crippen LogP) is 4.45.